The molecular weight excluding hydrogens is 259 g/mol. The van der Waals surface area contributed by atoms with Crippen LogP contribution >= 0.6 is 22.9 Å². The maximum absolute atomic E-state index is 13.1. The SMILES string of the molecule is Fc1cccc(-c2cc3ncnc(Cl)c3s2)c1. The van der Waals surface area contributed by atoms with E-state index in [1.54, 1.807) is 6.07 Å². The Balaban J connectivity index is 2.22. The summed E-state index contributed by atoms with van der Waals surface area (Å²) in [5.74, 6) is -0.253. The van der Waals surface area contributed by atoms with Crippen molar-refractivity contribution in [2.75, 3.05) is 0 Å². The van der Waals surface area contributed by atoms with Crippen LogP contribution in [0, 0.1) is 5.82 Å². The lowest BCUT2D eigenvalue weighted by atomic mass is 10.2. The van der Waals surface area contributed by atoms with Gasteiger partial charge >= 0.3 is 0 Å². The first-order valence-corrected chi connectivity index (χ1v) is 6.09. The van der Waals surface area contributed by atoms with Gasteiger partial charge in [-0.25, -0.2) is 14.4 Å². The van der Waals surface area contributed by atoms with Gasteiger partial charge < -0.3 is 0 Å². The van der Waals surface area contributed by atoms with E-state index < -0.39 is 0 Å². The zero-order valence-corrected chi connectivity index (χ0v) is 10.1. The van der Waals surface area contributed by atoms with Crippen molar-refractivity contribution in [3.05, 3.63) is 47.6 Å². The van der Waals surface area contributed by atoms with E-state index in [1.165, 1.54) is 29.8 Å². The Hall–Kier alpha value is -1.52. The second-order valence-electron chi connectivity index (χ2n) is 3.50. The number of halogens is 2. The molecule has 0 radical (unpaired) electrons. The van der Waals surface area contributed by atoms with E-state index >= 15 is 0 Å². The van der Waals surface area contributed by atoms with E-state index in [0.717, 1.165) is 20.7 Å². The number of nitrogens with zero attached hydrogens (tertiary/aromatic N) is 2. The third kappa shape index (κ3) is 1.90. The quantitative estimate of drug-likeness (QED) is 0.617. The molecule has 2 aromatic heterocycles. The lowest BCUT2D eigenvalue weighted by Gasteiger charge is -1.95. The minimum atomic E-state index is -0.253. The number of hydrogen-bond donors (Lipinski definition) is 0. The fraction of sp³-hybridized carbons (Fsp3) is 0. The minimum Gasteiger partial charge on any atom is -0.235 e. The van der Waals surface area contributed by atoms with Crippen LogP contribution in [0.5, 0.6) is 0 Å². The average Bonchev–Trinajstić information content (AvgIpc) is 2.74. The van der Waals surface area contributed by atoms with E-state index in [0.29, 0.717) is 5.15 Å². The molecule has 3 rings (SSSR count). The molecule has 0 N–H and O–H groups in total. The van der Waals surface area contributed by atoms with Crippen molar-refractivity contribution < 1.29 is 4.39 Å². The van der Waals surface area contributed by atoms with Crippen LogP contribution in [0.15, 0.2) is 36.7 Å². The molecule has 0 bridgehead atoms. The van der Waals surface area contributed by atoms with E-state index in [1.807, 2.05) is 12.1 Å². The molecule has 0 atom stereocenters. The van der Waals surface area contributed by atoms with Gasteiger partial charge in [-0.05, 0) is 23.8 Å². The van der Waals surface area contributed by atoms with E-state index in [4.69, 9.17) is 11.6 Å². The second kappa shape index (κ2) is 4.05. The highest BCUT2D eigenvalue weighted by atomic mass is 35.5. The van der Waals surface area contributed by atoms with Gasteiger partial charge in [0, 0.05) is 4.88 Å². The van der Waals surface area contributed by atoms with Crippen LogP contribution in [0.2, 0.25) is 5.15 Å². The van der Waals surface area contributed by atoms with Crippen molar-refractivity contribution >= 4 is 33.2 Å². The Morgan fingerprint density at radius 3 is 2.82 bits per heavy atom. The van der Waals surface area contributed by atoms with E-state index in [-0.39, 0.29) is 5.82 Å². The number of hydrogen-bond acceptors (Lipinski definition) is 3. The third-order valence-corrected chi connectivity index (χ3v) is 3.96. The van der Waals surface area contributed by atoms with Gasteiger partial charge in [0.15, 0.2) is 0 Å². The molecule has 0 unspecified atom stereocenters. The predicted octanol–water partition coefficient (Wildman–Crippen LogP) is 4.15. The first-order chi connectivity index (χ1) is 8.24. The van der Waals surface area contributed by atoms with Crippen molar-refractivity contribution in [3.63, 3.8) is 0 Å². The summed E-state index contributed by atoms with van der Waals surface area (Å²) in [6, 6.07) is 8.34. The molecule has 2 nitrogen and oxygen atoms in total. The molecule has 0 aliphatic carbocycles. The zero-order valence-electron chi connectivity index (χ0n) is 8.52. The molecule has 17 heavy (non-hydrogen) atoms. The third-order valence-electron chi connectivity index (χ3n) is 2.38. The van der Waals surface area contributed by atoms with Gasteiger partial charge in [0.2, 0.25) is 0 Å². The summed E-state index contributed by atoms with van der Waals surface area (Å²) in [5, 5.41) is 0.433. The monoisotopic (exact) mass is 264 g/mol. The normalized spacial score (nSPS) is 10.9. The molecule has 0 amide bonds. The van der Waals surface area contributed by atoms with Gasteiger partial charge in [0.25, 0.3) is 0 Å². The van der Waals surface area contributed by atoms with Crippen LogP contribution < -0.4 is 0 Å². The van der Waals surface area contributed by atoms with Gasteiger partial charge in [0.1, 0.15) is 17.3 Å². The minimum absolute atomic E-state index is 0.253. The molecule has 0 saturated heterocycles. The summed E-state index contributed by atoms with van der Waals surface area (Å²) in [6.07, 6.45) is 1.42. The van der Waals surface area contributed by atoms with Crippen molar-refractivity contribution in [1.82, 2.24) is 9.97 Å². The smallest absolute Gasteiger partial charge is 0.150 e. The largest absolute Gasteiger partial charge is 0.235 e. The predicted molar refractivity (Wildman–Crippen MR) is 67.8 cm³/mol. The lowest BCUT2D eigenvalue weighted by molar-refractivity contribution is 0.628. The summed E-state index contributed by atoms with van der Waals surface area (Å²) in [4.78, 5) is 8.99. The average molecular weight is 265 g/mol. The maximum atomic E-state index is 13.1. The van der Waals surface area contributed by atoms with Crippen molar-refractivity contribution in [2.24, 2.45) is 0 Å². The fourth-order valence-electron chi connectivity index (χ4n) is 1.61. The van der Waals surface area contributed by atoms with Crippen LogP contribution in [0.3, 0.4) is 0 Å². The standard InChI is InChI=1S/C12H6ClFN2S/c13-12-11-9(15-6-16-12)5-10(17-11)7-2-1-3-8(14)4-7/h1-6H. The number of aromatic nitrogens is 2. The van der Waals surface area contributed by atoms with Crippen LogP contribution in [0.1, 0.15) is 0 Å². The van der Waals surface area contributed by atoms with E-state index in [9.17, 15) is 4.39 Å². The maximum Gasteiger partial charge on any atom is 0.150 e. The molecular formula is C12H6ClFN2S. The second-order valence-corrected chi connectivity index (χ2v) is 4.91. The van der Waals surface area contributed by atoms with Crippen LogP contribution in [0.25, 0.3) is 20.7 Å². The number of rotatable bonds is 1. The van der Waals surface area contributed by atoms with Crippen molar-refractivity contribution in [1.29, 1.82) is 0 Å². The summed E-state index contributed by atoms with van der Waals surface area (Å²) in [5.41, 5.74) is 1.61. The van der Waals surface area contributed by atoms with E-state index in [2.05, 4.69) is 9.97 Å². The van der Waals surface area contributed by atoms with Crippen LogP contribution in [-0.2, 0) is 0 Å². The fourth-order valence-corrected chi connectivity index (χ4v) is 2.85. The van der Waals surface area contributed by atoms with Gasteiger partial charge in [-0.1, -0.05) is 23.7 Å². The molecule has 5 heteroatoms. The molecule has 0 aliphatic rings. The highest BCUT2D eigenvalue weighted by molar-refractivity contribution is 7.22. The Labute approximate surface area is 106 Å². The summed E-state index contributed by atoms with van der Waals surface area (Å²) < 4.78 is 14.0. The number of thiophene rings is 1. The molecule has 1 aromatic carbocycles. The zero-order chi connectivity index (χ0) is 11.8. The summed E-state index contributed by atoms with van der Waals surface area (Å²) >= 11 is 7.44. The summed E-state index contributed by atoms with van der Waals surface area (Å²) in [6.45, 7) is 0. The molecule has 0 spiro atoms. The van der Waals surface area contributed by atoms with Crippen molar-refractivity contribution in [3.8, 4) is 10.4 Å². The Morgan fingerprint density at radius 2 is 2.06 bits per heavy atom. The summed E-state index contributed by atoms with van der Waals surface area (Å²) in [7, 11) is 0. The highest BCUT2D eigenvalue weighted by Gasteiger charge is 2.09. The first kappa shape index (κ1) is 10.6. The van der Waals surface area contributed by atoms with Gasteiger partial charge in [-0.15, -0.1) is 11.3 Å². The number of fused-ring (bicyclic) bond motifs is 1. The topological polar surface area (TPSA) is 25.8 Å². The molecule has 0 fully saturated rings. The van der Waals surface area contributed by atoms with Crippen molar-refractivity contribution in [2.45, 2.75) is 0 Å². The molecule has 0 aliphatic heterocycles. The lowest BCUT2D eigenvalue weighted by Crippen LogP contribution is -1.76. The first-order valence-electron chi connectivity index (χ1n) is 4.90. The molecule has 2 heterocycles. The molecule has 84 valence electrons. The van der Waals surface area contributed by atoms with Crippen LogP contribution in [-0.4, -0.2) is 9.97 Å². The van der Waals surface area contributed by atoms with Gasteiger partial charge in [-0.2, -0.15) is 0 Å². The molecule has 3 aromatic rings. The van der Waals surface area contributed by atoms with Crippen LogP contribution in [0.4, 0.5) is 4.39 Å². The Bertz CT molecular complexity index is 696. The van der Waals surface area contributed by atoms with Gasteiger partial charge in [-0.3, -0.25) is 0 Å². The highest BCUT2D eigenvalue weighted by Crippen LogP contribution is 2.35. The number of benzene rings is 1. The Kier molecular flexibility index (Phi) is 2.53. The molecule has 0 saturated carbocycles. The Morgan fingerprint density at radius 1 is 1.18 bits per heavy atom. The van der Waals surface area contributed by atoms with Gasteiger partial charge in [0.05, 0.1) is 10.2 Å².